The van der Waals surface area contributed by atoms with Crippen molar-refractivity contribution in [2.24, 2.45) is 0 Å². The fourth-order valence-electron chi connectivity index (χ4n) is 4.57. The number of hydrogen-bond acceptors (Lipinski definition) is 8. The summed E-state index contributed by atoms with van der Waals surface area (Å²) in [6.07, 6.45) is 0. The van der Waals surface area contributed by atoms with Crippen LogP contribution in [0, 0.1) is 5.82 Å². The smallest absolute Gasteiger partial charge is 0.229 e. The zero-order valence-electron chi connectivity index (χ0n) is 18.8. The molecule has 32 heavy (non-hydrogen) atoms. The number of aromatic nitrogens is 2. The predicted molar refractivity (Wildman–Crippen MR) is 126 cm³/mol. The number of benzene rings is 1. The van der Waals surface area contributed by atoms with Crippen molar-refractivity contribution < 1.29 is 9.13 Å². The van der Waals surface area contributed by atoms with Crippen molar-refractivity contribution in [3.8, 4) is 0 Å². The number of ether oxygens (including phenoxy) is 1. The maximum absolute atomic E-state index is 15.8. The maximum Gasteiger partial charge on any atom is 0.229 e. The van der Waals surface area contributed by atoms with Gasteiger partial charge in [0.1, 0.15) is 0 Å². The van der Waals surface area contributed by atoms with Crippen molar-refractivity contribution in [1.82, 2.24) is 14.9 Å². The van der Waals surface area contributed by atoms with E-state index in [-0.39, 0.29) is 5.82 Å². The number of morpholine rings is 1. The first-order valence-electron chi connectivity index (χ1n) is 11.6. The zero-order chi connectivity index (χ0) is 21.9. The van der Waals surface area contributed by atoms with Gasteiger partial charge in [-0.25, -0.2) is 0 Å². The molecular weight excluding hydrogens is 409 g/mol. The van der Waals surface area contributed by atoms with Gasteiger partial charge in [-0.15, -0.1) is 0 Å². The molecule has 0 radical (unpaired) electrons. The lowest BCUT2D eigenvalue weighted by Gasteiger charge is -2.38. The molecule has 1 aromatic carbocycles. The minimum Gasteiger partial charge on any atom is -0.378 e. The molecule has 3 aliphatic rings. The van der Waals surface area contributed by atoms with Crippen molar-refractivity contribution in [3.05, 3.63) is 36.1 Å². The van der Waals surface area contributed by atoms with E-state index in [1.54, 1.807) is 0 Å². The highest BCUT2D eigenvalue weighted by atomic mass is 19.1. The van der Waals surface area contributed by atoms with Crippen LogP contribution in [0.25, 0.3) is 0 Å². The molecule has 0 N–H and O–H groups in total. The molecule has 4 heterocycles. The normalized spacial score (nSPS) is 20.7. The summed E-state index contributed by atoms with van der Waals surface area (Å²) < 4.78 is 21.3. The van der Waals surface area contributed by atoms with Gasteiger partial charge in [0.25, 0.3) is 0 Å². The molecule has 0 bridgehead atoms. The van der Waals surface area contributed by atoms with Crippen LogP contribution in [0.1, 0.15) is 0 Å². The zero-order valence-corrected chi connectivity index (χ0v) is 18.8. The quantitative estimate of drug-likeness (QED) is 0.708. The third-order valence-electron chi connectivity index (χ3n) is 6.60. The highest BCUT2D eigenvalue weighted by Gasteiger charge is 2.29. The molecule has 9 heteroatoms. The molecule has 8 nitrogen and oxygen atoms in total. The van der Waals surface area contributed by atoms with Gasteiger partial charge in [-0.05, 0) is 19.2 Å². The summed E-state index contributed by atoms with van der Waals surface area (Å²) in [6.45, 7) is 9.25. The Hall–Kier alpha value is -2.65. The molecule has 1 aromatic heterocycles. The molecule has 3 saturated heterocycles. The molecule has 0 amide bonds. The van der Waals surface area contributed by atoms with Crippen LogP contribution in [0.2, 0.25) is 0 Å². The molecule has 0 spiro atoms. The van der Waals surface area contributed by atoms with E-state index in [1.165, 1.54) is 5.69 Å². The first-order valence-corrected chi connectivity index (χ1v) is 11.6. The van der Waals surface area contributed by atoms with Gasteiger partial charge in [-0.2, -0.15) is 14.4 Å². The van der Waals surface area contributed by atoms with Gasteiger partial charge in [-0.3, -0.25) is 0 Å². The number of piperazine rings is 2. The predicted octanol–water partition coefficient (Wildman–Crippen LogP) is 1.53. The van der Waals surface area contributed by atoms with Gasteiger partial charge in [-0.1, -0.05) is 18.2 Å². The Labute approximate surface area is 189 Å². The molecule has 2 aromatic rings. The summed E-state index contributed by atoms with van der Waals surface area (Å²) in [5, 5.41) is 0. The molecule has 172 valence electrons. The highest BCUT2D eigenvalue weighted by molar-refractivity contribution is 5.59. The number of nitrogens with zero attached hydrogens (tertiary/aromatic N) is 7. The second-order valence-electron chi connectivity index (χ2n) is 8.68. The molecule has 0 saturated carbocycles. The minimum atomic E-state index is -0.292. The Balaban J connectivity index is 1.41. The van der Waals surface area contributed by atoms with E-state index >= 15 is 4.39 Å². The van der Waals surface area contributed by atoms with Crippen LogP contribution in [0.4, 0.5) is 27.7 Å². The van der Waals surface area contributed by atoms with Crippen LogP contribution < -0.4 is 19.6 Å². The molecule has 5 rings (SSSR count). The van der Waals surface area contributed by atoms with Gasteiger partial charge in [0.05, 0.1) is 13.2 Å². The van der Waals surface area contributed by atoms with Crippen molar-refractivity contribution in [3.63, 3.8) is 0 Å². The third kappa shape index (κ3) is 4.45. The number of para-hydroxylation sites is 1. The lowest BCUT2D eigenvalue weighted by molar-refractivity contribution is 0.122. The molecule has 0 unspecified atom stereocenters. The van der Waals surface area contributed by atoms with Crippen molar-refractivity contribution in [1.29, 1.82) is 0 Å². The van der Waals surface area contributed by atoms with Crippen molar-refractivity contribution in [2.45, 2.75) is 0 Å². The van der Waals surface area contributed by atoms with E-state index in [0.29, 0.717) is 30.8 Å². The third-order valence-corrected chi connectivity index (χ3v) is 6.60. The summed E-state index contributed by atoms with van der Waals surface area (Å²) in [5.74, 6) is 1.20. The van der Waals surface area contributed by atoms with E-state index in [9.17, 15) is 0 Å². The minimum absolute atomic E-state index is 0.292. The van der Waals surface area contributed by atoms with Crippen LogP contribution in [-0.4, -0.2) is 101 Å². The Morgan fingerprint density at radius 2 is 1.22 bits per heavy atom. The van der Waals surface area contributed by atoms with Crippen LogP contribution in [-0.2, 0) is 4.74 Å². The average Bonchev–Trinajstić information content (AvgIpc) is 2.86. The fourth-order valence-corrected chi connectivity index (χ4v) is 4.57. The summed E-state index contributed by atoms with van der Waals surface area (Å²) >= 11 is 0. The summed E-state index contributed by atoms with van der Waals surface area (Å²) in [6, 6.07) is 10.4. The summed E-state index contributed by atoms with van der Waals surface area (Å²) in [5.41, 5.74) is 1.21. The molecular formula is C23H32FN7O. The molecule has 3 aliphatic heterocycles. The molecule has 0 aliphatic carbocycles. The van der Waals surface area contributed by atoms with E-state index in [4.69, 9.17) is 14.7 Å². The number of halogens is 1. The van der Waals surface area contributed by atoms with Gasteiger partial charge in [0, 0.05) is 71.1 Å². The highest BCUT2D eigenvalue weighted by Crippen LogP contribution is 2.30. The number of hydrogen-bond donors (Lipinski definition) is 0. The van der Waals surface area contributed by atoms with Crippen molar-refractivity contribution >= 4 is 23.3 Å². The lowest BCUT2D eigenvalue weighted by atomic mass is 10.2. The van der Waals surface area contributed by atoms with Gasteiger partial charge in [0.15, 0.2) is 11.6 Å². The van der Waals surface area contributed by atoms with Gasteiger partial charge < -0.3 is 29.2 Å². The lowest BCUT2D eigenvalue weighted by Crippen LogP contribution is -2.48. The van der Waals surface area contributed by atoms with Gasteiger partial charge >= 0.3 is 0 Å². The largest absolute Gasteiger partial charge is 0.378 e. The van der Waals surface area contributed by atoms with E-state index < -0.39 is 0 Å². The second kappa shape index (κ2) is 9.46. The topological polar surface area (TPSA) is 51.2 Å². The van der Waals surface area contributed by atoms with Gasteiger partial charge in [0.2, 0.25) is 11.8 Å². The van der Waals surface area contributed by atoms with Crippen LogP contribution in [0.5, 0.6) is 0 Å². The fraction of sp³-hybridized carbons (Fsp3) is 0.565. The number of likely N-dealkylation sites (N-methyl/N-ethyl adjacent to an activating group) is 1. The molecule has 0 atom stereocenters. The Bertz CT molecular complexity index is 893. The standard InChI is InChI=1S/C23H32FN7O/c1-27-7-9-29(10-8-27)21-20(24)22(26-23(25-21)31-15-17-32-18-16-31)30-13-11-28(12-14-30)19-5-3-2-4-6-19/h2-6H,7-18H2,1H3. The monoisotopic (exact) mass is 441 g/mol. The maximum atomic E-state index is 15.8. The Kier molecular flexibility index (Phi) is 6.27. The Morgan fingerprint density at radius 3 is 1.81 bits per heavy atom. The van der Waals surface area contributed by atoms with E-state index in [1.807, 2.05) is 6.07 Å². The molecule has 3 fully saturated rings. The number of rotatable bonds is 4. The first-order chi connectivity index (χ1) is 15.7. The summed E-state index contributed by atoms with van der Waals surface area (Å²) in [7, 11) is 2.10. The SMILES string of the molecule is CN1CCN(c2nc(N3CCOCC3)nc(N3CCN(c4ccccc4)CC3)c2F)CC1. The Morgan fingerprint density at radius 1 is 0.688 bits per heavy atom. The number of anilines is 4. The second-order valence-corrected chi connectivity index (χ2v) is 8.68. The first kappa shape index (κ1) is 21.2. The average molecular weight is 442 g/mol. The van der Waals surface area contributed by atoms with Crippen LogP contribution in [0.3, 0.4) is 0 Å². The van der Waals surface area contributed by atoms with E-state index in [0.717, 1.165) is 65.4 Å². The van der Waals surface area contributed by atoms with Crippen LogP contribution in [0.15, 0.2) is 30.3 Å². The summed E-state index contributed by atoms with van der Waals surface area (Å²) in [4.78, 5) is 20.3. The van der Waals surface area contributed by atoms with Crippen molar-refractivity contribution in [2.75, 3.05) is 105 Å². The van der Waals surface area contributed by atoms with Crippen LogP contribution >= 0.6 is 0 Å². The van der Waals surface area contributed by atoms with E-state index in [2.05, 4.69) is 55.8 Å².